The number of piperidine rings is 1. The Kier molecular flexibility index (Phi) is 4.92. The maximum absolute atomic E-state index is 13.3. The second-order valence-electron chi connectivity index (χ2n) is 7.51. The number of rotatable bonds is 3. The Morgan fingerprint density at radius 2 is 1.93 bits per heavy atom. The lowest BCUT2D eigenvalue weighted by Gasteiger charge is -2.36. The molecule has 3 aromatic rings. The zero-order valence-corrected chi connectivity index (χ0v) is 16.4. The maximum Gasteiger partial charge on any atom is 0.393 e. The third kappa shape index (κ3) is 3.43. The minimum atomic E-state index is -4.24. The normalized spacial score (nSPS) is 17.8. The molecule has 7 heteroatoms. The van der Waals surface area contributed by atoms with Crippen LogP contribution in [0.5, 0.6) is 0 Å². The minimum absolute atomic E-state index is 0.116. The predicted octanol–water partition coefficient (Wildman–Crippen LogP) is 5.29. The molecule has 0 unspecified atom stereocenters. The van der Waals surface area contributed by atoms with Gasteiger partial charge in [0.2, 0.25) is 0 Å². The first-order valence-electron chi connectivity index (χ1n) is 9.81. The number of nitrogens with zero attached hydrogens (tertiary/aromatic N) is 2. The van der Waals surface area contributed by atoms with Gasteiger partial charge in [-0.3, -0.25) is 0 Å². The number of benzene rings is 2. The highest BCUT2D eigenvalue weighted by Gasteiger charge is 2.42. The number of fused-ring (bicyclic) bond motifs is 3. The highest BCUT2D eigenvalue weighted by Crippen LogP contribution is 2.38. The van der Waals surface area contributed by atoms with Gasteiger partial charge in [-0.1, -0.05) is 18.2 Å². The fourth-order valence-corrected chi connectivity index (χ4v) is 4.29. The Balaban J connectivity index is 1.89. The summed E-state index contributed by atoms with van der Waals surface area (Å²) >= 11 is 0. The average Bonchev–Trinajstić information content (AvgIpc) is 2.99. The van der Waals surface area contributed by atoms with Crippen LogP contribution in [0, 0.1) is 5.92 Å². The van der Waals surface area contributed by atoms with Crippen LogP contribution < -0.4 is 4.90 Å². The Bertz CT molecular complexity index is 1070. The van der Waals surface area contributed by atoms with Crippen LogP contribution in [-0.2, 0) is 11.8 Å². The third-order valence-electron chi connectivity index (χ3n) is 5.75. The molecule has 0 N–H and O–H groups in total. The summed E-state index contributed by atoms with van der Waals surface area (Å²) in [7, 11) is 1.92. The van der Waals surface area contributed by atoms with Crippen molar-refractivity contribution in [1.82, 2.24) is 4.57 Å². The van der Waals surface area contributed by atoms with Gasteiger partial charge >= 0.3 is 12.1 Å². The summed E-state index contributed by atoms with van der Waals surface area (Å²) in [5.74, 6) is -1.90. The van der Waals surface area contributed by atoms with Crippen molar-refractivity contribution >= 4 is 33.5 Å². The number of aromatic nitrogens is 1. The van der Waals surface area contributed by atoms with E-state index >= 15 is 0 Å². The SMILES string of the molecule is CCOC(=O)c1cc2c3ccccc3n(C)c2cc1N1CCC[C@@H](C(F)(F)F)C1. The van der Waals surface area contributed by atoms with E-state index in [0.29, 0.717) is 24.2 Å². The number of halogens is 3. The Labute approximate surface area is 166 Å². The molecule has 4 nitrogen and oxygen atoms in total. The average molecular weight is 404 g/mol. The van der Waals surface area contributed by atoms with Crippen LogP contribution >= 0.6 is 0 Å². The number of ether oxygens (including phenoxy) is 1. The lowest BCUT2D eigenvalue weighted by Crippen LogP contribution is -2.42. The van der Waals surface area contributed by atoms with E-state index < -0.39 is 18.1 Å². The zero-order valence-electron chi connectivity index (χ0n) is 16.4. The number of hydrogen-bond donors (Lipinski definition) is 0. The molecule has 1 aromatic heterocycles. The molecule has 1 saturated heterocycles. The van der Waals surface area contributed by atoms with Gasteiger partial charge in [-0.25, -0.2) is 4.79 Å². The molecule has 1 aliphatic heterocycles. The first-order valence-corrected chi connectivity index (χ1v) is 9.81. The summed E-state index contributed by atoms with van der Waals surface area (Å²) in [6.45, 7) is 2.26. The molecule has 1 fully saturated rings. The number of aryl methyl sites for hydroxylation is 1. The van der Waals surface area contributed by atoms with Gasteiger partial charge in [-0.05, 0) is 38.0 Å². The van der Waals surface area contributed by atoms with E-state index in [4.69, 9.17) is 4.74 Å². The monoisotopic (exact) mass is 404 g/mol. The van der Waals surface area contributed by atoms with Gasteiger partial charge in [0.05, 0.1) is 29.3 Å². The number of para-hydroxylation sites is 1. The van der Waals surface area contributed by atoms with Gasteiger partial charge in [0.15, 0.2) is 0 Å². The molecule has 0 aliphatic carbocycles. The summed E-state index contributed by atoms with van der Waals surface area (Å²) in [6.07, 6.45) is -3.70. The summed E-state index contributed by atoms with van der Waals surface area (Å²) in [6, 6.07) is 11.4. The van der Waals surface area contributed by atoms with Crippen molar-refractivity contribution in [2.24, 2.45) is 13.0 Å². The molecule has 29 heavy (non-hydrogen) atoms. The van der Waals surface area contributed by atoms with Gasteiger partial charge in [0.1, 0.15) is 0 Å². The Morgan fingerprint density at radius 3 is 2.66 bits per heavy atom. The topological polar surface area (TPSA) is 34.5 Å². The highest BCUT2D eigenvalue weighted by molar-refractivity contribution is 6.12. The number of carbonyl (C=O) groups excluding carboxylic acids is 1. The maximum atomic E-state index is 13.3. The first kappa shape index (κ1) is 19.6. The van der Waals surface area contributed by atoms with Gasteiger partial charge < -0.3 is 14.2 Å². The quantitative estimate of drug-likeness (QED) is 0.557. The van der Waals surface area contributed by atoms with E-state index in [2.05, 4.69) is 0 Å². The molecular formula is C22H23F3N2O2. The summed E-state index contributed by atoms with van der Waals surface area (Å²) in [5.41, 5.74) is 2.71. The van der Waals surface area contributed by atoms with E-state index in [1.807, 2.05) is 41.9 Å². The lowest BCUT2D eigenvalue weighted by molar-refractivity contribution is -0.175. The van der Waals surface area contributed by atoms with E-state index in [0.717, 1.165) is 21.8 Å². The number of esters is 1. The zero-order chi connectivity index (χ0) is 20.8. The molecule has 154 valence electrons. The molecule has 4 rings (SSSR count). The fourth-order valence-electron chi connectivity index (χ4n) is 4.29. The van der Waals surface area contributed by atoms with Crippen molar-refractivity contribution in [2.45, 2.75) is 25.9 Å². The molecule has 0 saturated carbocycles. The van der Waals surface area contributed by atoms with Gasteiger partial charge in [-0.15, -0.1) is 0 Å². The fraction of sp³-hybridized carbons (Fsp3) is 0.409. The van der Waals surface area contributed by atoms with Crippen LogP contribution in [0.4, 0.5) is 18.9 Å². The van der Waals surface area contributed by atoms with Crippen LogP contribution in [0.2, 0.25) is 0 Å². The second-order valence-corrected chi connectivity index (χ2v) is 7.51. The van der Waals surface area contributed by atoms with Crippen LogP contribution in [0.15, 0.2) is 36.4 Å². The number of alkyl halides is 3. The Hall–Kier alpha value is -2.70. The first-order chi connectivity index (χ1) is 13.8. The molecule has 2 heterocycles. The number of hydrogen-bond acceptors (Lipinski definition) is 3. The van der Waals surface area contributed by atoms with Crippen molar-refractivity contribution < 1.29 is 22.7 Å². The van der Waals surface area contributed by atoms with Gasteiger partial charge in [0, 0.05) is 36.4 Å². The number of anilines is 1. The molecule has 1 aliphatic rings. The largest absolute Gasteiger partial charge is 0.462 e. The molecule has 2 aromatic carbocycles. The van der Waals surface area contributed by atoms with Crippen molar-refractivity contribution in [3.8, 4) is 0 Å². The van der Waals surface area contributed by atoms with Crippen LogP contribution in [0.1, 0.15) is 30.1 Å². The lowest BCUT2D eigenvalue weighted by atomic mass is 9.96. The predicted molar refractivity (Wildman–Crippen MR) is 107 cm³/mol. The van der Waals surface area contributed by atoms with Gasteiger partial charge in [0.25, 0.3) is 0 Å². The van der Waals surface area contributed by atoms with Crippen molar-refractivity contribution in [1.29, 1.82) is 0 Å². The highest BCUT2D eigenvalue weighted by atomic mass is 19.4. The minimum Gasteiger partial charge on any atom is -0.462 e. The third-order valence-corrected chi connectivity index (χ3v) is 5.75. The van der Waals surface area contributed by atoms with E-state index in [1.54, 1.807) is 17.9 Å². The molecule has 0 bridgehead atoms. The van der Waals surface area contributed by atoms with Crippen LogP contribution in [0.3, 0.4) is 0 Å². The Morgan fingerprint density at radius 1 is 1.17 bits per heavy atom. The van der Waals surface area contributed by atoms with E-state index in [1.165, 1.54) is 0 Å². The van der Waals surface area contributed by atoms with E-state index in [9.17, 15) is 18.0 Å². The van der Waals surface area contributed by atoms with Crippen molar-refractivity contribution in [2.75, 3.05) is 24.6 Å². The molecule has 0 spiro atoms. The molecular weight excluding hydrogens is 381 g/mol. The number of carbonyl (C=O) groups is 1. The molecule has 0 amide bonds. The second kappa shape index (κ2) is 7.28. The van der Waals surface area contributed by atoms with Crippen LogP contribution in [-0.4, -0.2) is 36.4 Å². The summed E-state index contributed by atoms with van der Waals surface area (Å²) < 4.78 is 47.3. The molecule has 1 atom stereocenters. The van der Waals surface area contributed by atoms with Crippen LogP contribution in [0.25, 0.3) is 21.8 Å². The smallest absolute Gasteiger partial charge is 0.393 e. The molecule has 0 radical (unpaired) electrons. The summed E-state index contributed by atoms with van der Waals surface area (Å²) in [4.78, 5) is 14.4. The van der Waals surface area contributed by atoms with Crippen molar-refractivity contribution in [3.05, 3.63) is 42.0 Å². The van der Waals surface area contributed by atoms with Crippen molar-refractivity contribution in [3.63, 3.8) is 0 Å². The van der Waals surface area contributed by atoms with Gasteiger partial charge in [-0.2, -0.15) is 13.2 Å². The van der Waals surface area contributed by atoms with E-state index in [-0.39, 0.29) is 19.6 Å². The standard InChI is InChI=1S/C22H23F3N2O2/c1-3-29-21(28)17-11-16-15-8-4-5-9-18(15)26(2)19(16)12-20(17)27-10-6-7-14(13-27)22(23,24)25/h4-5,8-9,11-12,14H,3,6-7,10,13H2,1-2H3/t14-/m1/s1. The summed E-state index contributed by atoms with van der Waals surface area (Å²) in [5, 5.41) is 1.88.